The van der Waals surface area contributed by atoms with Gasteiger partial charge in [0, 0.05) is 23.8 Å². The number of benzene rings is 1. The van der Waals surface area contributed by atoms with Gasteiger partial charge in [0.15, 0.2) is 0 Å². The molecule has 2 aliphatic rings. The summed E-state index contributed by atoms with van der Waals surface area (Å²) >= 11 is 0. The van der Waals surface area contributed by atoms with Gasteiger partial charge in [-0.3, -0.25) is 0 Å². The zero-order chi connectivity index (χ0) is 10.4. The van der Waals surface area contributed by atoms with Crippen LogP contribution >= 0.6 is 0 Å². The van der Waals surface area contributed by atoms with Gasteiger partial charge < -0.3 is 15.7 Å². The number of anilines is 1. The van der Waals surface area contributed by atoms with Crippen LogP contribution < -0.4 is 10.6 Å². The molecule has 1 aromatic rings. The second-order valence-corrected chi connectivity index (χ2v) is 4.62. The predicted octanol–water partition coefficient (Wildman–Crippen LogP) is 1.10. The molecule has 3 N–H and O–H groups in total. The molecular formula is C12H16N2O. The third-order valence-corrected chi connectivity index (χ3v) is 3.71. The molecular weight excluding hydrogens is 188 g/mol. The van der Waals surface area contributed by atoms with E-state index in [-0.39, 0.29) is 0 Å². The van der Waals surface area contributed by atoms with E-state index in [1.165, 1.54) is 12.1 Å². The lowest BCUT2D eigenvalue weighted by atomic mass is 10.0. The Morgan fingerprint density at radius 1 is 1.47 bits per heavy atom. The van der Waals surface area contributed by atoms with Crippen LogP contribution in [-0.2, 0) is 6.42 Å². The Balaban J connectivity index is 1.96. The zero-order valence-electron chi connectivity index (χ0n) is 8.69. The lowest BCUT2D eigenvalue weighted by Gasteiger charge is -2.18. The molecule has 1 saturated heterocycles. The van der Waals surface area contributed by atoms with Gasteiger partial charge in [-0.05, 0) is 37.4 Å². The summed E-state index contributed by atoms with van der Waals surface area (Å²) in [6.07, 6.45) is 2.16. The fourth-order valence-corrected chi connectivity index (χ4v) is 2.95. The Labute approximate surface area is 89.5 Å². The minimum Gasteiger partial charge on any atom is -0.508 e. The van der Waals surface area contributed by atoms with Crippen LogP contribution in [0.15, 0.2) is 18.2 Å². The maximum atomic E-state index is 9.76. The third kappa shape index (κ3) is 1.23. The number of aromatic hydroxyl groups is 1. The fourth-order valence-electron chi connectivity index (χ4n) is 2.95. The molecule has 1 aromatic carbocycles. The molecule has 0 aromatic heterocycles. The van der Waals surface area contributed by atoms with Crippen LogP contribution in [0.5, 0.6) is 5.75 Å². The molecule has 0 aliphatic carbocycles. The highest BCUT2D eigenvalue weighted by Gasteiger charge is 2.38. The quantitative estimate of drug-likeness (QED) is 0.720. The second kappa shape index (κ2) is 3.14. The normalized spacial score (nSPS) is 27.9. The first-order valence-corrected chi connectivity index (χ1v) is 5.57. The van der Waals surface area contributed by atoms with E-state index in [4.69, 9.17) is 5.73 Å². The zero-order valence-corrected chi connectivity index (χ0v) is 8.69. The van der Waals surface area contributed by atoms with E-state index in [1.807, 2.05) is 6.07 Å². The largest absolute Gasteiger partial charge is 0.508 e. The first kappa shape index (κ1) is 9.04. The molecule has 3 rings (SSSR count). The van der Waals surface area contributed by atoms with Crippen LogP contribution in [0.25, 0.3) is 0 Å². The van der Waals surface area contributed by atoms with E-state index >= 15 is 0 Å². The average molecular weight is 204 g/mol. The monoisotopic (exact) mass is 204 g/mol. The highest BCUT2D eigenvalue weighted by atomic mass is 16.3. The van der Waals surface area contributed by atoms with Gasteiger partial charge in [-0.15, -0.1) is 0 Å². The summed E-state index contributed by atoms with van der Waals surface area (Å²) in [6, 6.07) is 6.38. The van der Waals surface area contributed by atoms with Gasteiger partial charge >= 0.3 is 0 Å². The summed E-state index contributed by atoms with van der Waals surface area (Å²) in [4.78, 5) is 2.41. The second-order valence-electron chi connectivity index (χ2n) is 4.62. The van der Waals surface area contributed by atoms with Crippen molar-refractivity contribution >= 4 is 5.69 Å². The van der Waals surface area contributed by atoms with Crippen molar-refractivity contribution in [2.24, 2.45) is 11.7 Å². The molecule has 2 heterocycles. The molecule has 3 nitrogen and oxygen atoms in total. The van der Waals surface area contributed by atoms with E-state index in [1.54, 1.807) is 6.07 Å². The molecule has 0 amide bonds. The SMILES string of the molecule is NCC1CC2Cc3c(O)cccc3N2C1. The molecule has 0 spiro atoms. The first-order chi connectivity index (χ1) is 7.29. The number of phenolic OH excluding ortho intramolecular Hbond substituents is 1. The van der Waals surface area contributed by atoms with Crippen molar-refractivity contribution in [3.05, 3.63) is 23.8 Å². The fraction of sp³-hybridized carbons (Fsp3) is 0.500. The molecule has 3 heteroatoms. The molecule has 2 atom stereocenters. The van der Waals surface area contributed by atoms with Crippen molar-refractivity contribution < 1.29 is 5.11 Å². The summed E-state index contributed by atoms with van der Waals surface area (Å²) < 4.78 is 0. The number of rotatable bonds is 1. The smallest absolute Gasteiger partial charge is 0.120 e. The van der Waals surface area contributed by atoms with Gasteiger partial charge in [-0.25, -0.2) is 0 Å². The standard InChI is InChI=1S/C12H16N2O/c13-6-8-4-9-5-10-11(14(9)7-8)2-1-3-12(10)15/h1-3,8-9,15H,4-7,13H2. The van der Waals surface area contributed by atoms with Gasteiger partial charge in [0.2, 0.25) is 0 Å². The van der Waals surface area contributed by atoms with Gasteiger partial charge in [0.05, 0.1) is 0 Å². The Morgan fingerprint density at radius 3 is 3.13 bits per heavy atom. The van der Waals surface area contributed by atoms with Crippen molar-refractivity contribution in [2.45, 2.75) is 18.9 Å². The van der Waals surface area contributed by atoms with Crippen LogP contribution in [0, 0.1) is 5.92 Å². The Bertz CT molecular complexity index is 391. The molecule has 80 valence electrons. The van der Waals surface area contributed by atoms with Crippen LogP contribution in [0.4, 0.5) is 5.69 Å². The topological polar surface area (TPSA) is 49.5 Å². The maximum absolute atomic E-state index is 9.76. The van der Waals surface area contributed by atoms with Gasteiger partial charge in [-0.2, -0.15) is 0 Å². The van der Waals surface area contributed by atoms with Crippen molar-refractivity contribution in [1.29, 1.82) is 0 Å². The summed E-state index contributed by atoms with van der Waals surface area (Å²) in [6.45, 7) is 1.83. The van der Waals surface area contributed by atoms with E-state index in [0.29, 0.717) is 17.7 Å². The van der Waals surface area contributed by atoms with Gasteiger partial charge in [0.25, 0.3) is 0 Å². The van der Waals surface area contributed by atoms with Crippen molar-refractivity contribution in [3.8, 4) is 5.75 Å². The number of hydrogen-bond donors (Lipinski definition) is 2. The van der Waals surface area contributed by atoms with Crippen LogP contribution in [0.2, 0.25) is 0 Å². The summed E-state index contributed by atoms with van der Waals surface area (Å²) in [5.74, 6) is 1.08. The lowest BCUT2D eigenvalue weighted by molar-refractivity contribution is 0.467. The Morgan fingerprint density at radius 2 is 2.33 bits per heavy atom. The highest BCUT2D eigenvalue weighted by Crippen LogP contribution is 2.42. The molecule has 0 saturated carbocycles. The number of nitrogens with two attached hydrogens (primary N) is 1. The number of nitrogens with zero attached hydrogens (tertiary/aromatic N) is 1. The van der Waals surface area contributed by atoms with Crippen LogP contribution in [-0.4, -0.2) is 24.2 Å². The molecule has 0 radical (unpaired) electrons. The van der Waals surface area contributed by atoms with Gasteiger partial charge in [-0.1, -0.05) is 6.07 Å². The van der Waals surface area contributed by atoms with E-state index in [0.717, 1.165) is 25.1 Å². The van der Waals surface area contributed by atoms with E-state index in [2.05, 4.69) is 11.0 Å². The van der Waals surface area contributed by atoms with Crippen LogP contribution in [0.3, 0.4) is 0 Å². The molecule has 0 bridgehead atoms. The third-order valence-electron chi connectivity index (χ3n) is 3.71. The van der Waals surface area contributed by atoms with E-state index in [9.17, 15) is 5.11 Å². The molecule has 2 aliphatic heterocycles. The van der Waals surface area contributed by atoms with Crippen molar-refractivity contribution in [2.75, 3.05) is 18.0 Å². The highest BCUT2D eigenvalue weighted by molar-refractivity contribution is 5.64. The lowest BCUT2D eigenvalue weighted by Crippen LogP contribution is -2.25. The number of phenols is 1. The summed E-state index contributed by atoms with van der Waals surface area (Å²) in [5, 5.41) is 9.76. The van der Waals surface area contributed by atoms with Crippen molar-refractivity contribution in [3.63, 3.8) is 0 Å². The average Bonchev–Trinajstić information content (AvgIpc) is 2.76. The minimum atomic E-state index is 0.450. The molecule has 15 heavy (non-hydrogen) atoms. The first-order valence-electron chi connectivity index (χ1n) is 5.57. The number of hydrogen-bond acceptors (Lipinski definition) is 3. The summed E-state index contributed by atoms with van der Waals surface area (Å²) in [7, 11) is 0. The predicted molar refractivity (Wildman–Crippen MR) is 60.1 cm³/mol. The Kier molecular flexibility index (Phi) is 1.89. The Hall–Kier alpha value is -1.22. The van der Waals surface area contributed by atoms with Crippen LogP contribution in [0.1, 0.15) is 12.0 Å². The molecule has 1 fully saturated rings. The maximum Gasteiger partial charge on any atom is 0.120 e. The number of fused-ring (bicyclic) bond motifs is 3. The summed E-state index contributed by atoms with van der Waals surface area (Å²) in [5.41, 5.74) is 8.05. The molecule has 2 unspecified atom stereocenters. The minimum absolute atomic E-state index is 0.450. The van der Waals surface area contributed by atoms with Gasteiger partial charge in [0.1, 0.15) is 5.75 Å². The van der Waals surface area contributed by atoms with Crippen molar-refractivity contribution in [1.82, 2.24) is 0 Å². The van der Waals surface area contributed by atoms with E-state index < -0.39 is 0 Å².